The summed E-state index contributed by atoms with van der Waals surface area (Å²) in [6, 6.07) is 11.7. The second kappa shape index (κ2) is 6.19. The van der Waals surface area contributed by atoms with Crippen molar-refractivity contribution in [2.75, 3.05) is 5.32 Å². The number of hydrogen-bond acceptors (Lipinski definition) is 4. The Morgan fingerprint density at radius 1 is 1.00 bits per heavy atom. The molecule has 6 heteroatoms. The van der Waals surface area contributed by atoms with Gasteiger partial charge in [0, 0.05) is 12.1 Å². The third-order valence-corrected chi connectivity index (χ3v) is 5.43. The first-order valence-corrected chi connectivity index (χ1v) is 9.54. The first-order chi connectivity index (χ1) is 11.6. The molecule has 0 atom stereocenters. The maximum absolute atomic E-state index is 12.5. The Balaban J connectivity index is 1.84. The fraction of sp³-hybridized carbons (Fsp3) is 0.316. The van der Waals surface area contributed by atoms with E-state index in [1.54, 1.807) is 24.3 Å². The van der Waals surface area contributed by atoms with Gasteiger partial charge < -0.3 is 9.50 Å². The van der Waals surface area contributed by atoms with Crippen molar-refractivity contribution in [1.29, 1.82) is 0 Å². The average Bonchev–Trinajstić information content (AvgIpc) is 2.53. The van der Waals surface area contributed by atoms with Gasteiger partial charge in [-0.1, -0.05) is 32.9 Å². The van der Waals surface area contributed by atoms with E-state index in [-0.39, 0.29) is 22.0 Å². The standard InChI is InChI=1S/C19H21NO4S/c1-19(2,3)14-5-7-15(8-6-14)24-25(22,23)16-9-10-17-13(12-16)4-11-18(21)20-17/h5-10,12H,4,11H2,1-3H3,(H,20,21). The molecule has 1 amide bonds. The van der Waals surface area contributed by atoms with Gasteiger partial charge in [-0.15, -0.1) is 0 Å². The second-order valence-corrected chi connectivity index (χ2v) is 8.73. The van der Waals surface area contributed by atoms with Crippen molar-refractivity contribution in [3.8, 4) is 5.75 Å². The SMILES string of the molecule is CC(C)(C)c1ccc(OS(=O)(=O)c2ccc3c(c2)CCC(=O)N3)cc1. The highest BCUT2D eigenvalue weighted by molar-refractivity contribution is 7.87. The molecule has 5 nitrogen and oxygen atoms in total. The minimum Gasteiger partial charge on any atom is -0.379 e. The molecule has 1 N–H and O–H groups in total. The van der Waals surface area contributed by atoms with Crippen LogP contribution >= 0.6 is 0 Å². The lowest BCUT2D eigenvalue weighted by atomic mass is 9.87. The lowest BCUT2D eigenvalue weighted by molar-refractivity contribution is -0.116. The van der Waals surface area contributed by atoms with Gasteiger partial charge in [0.05, 0.1) is 0 Å². The van der Waals surface area contributed by atoms with Gasteiger partial charge in [-0.2, -0.15) is 8.42 Å². The number of amides is 1. The molecule has 3 rings (SSSR count). The Morgan fingerprint density at radius 3 is 2.32 bits per heavy atom. The summed E-state index contributed by atoms with van der Waals surface area (Å²) in [4.78, 5) is 11.5. The monoisotopic (exact) mass is 359 g/mol. The number of aryl methyl sites for hydroxylation is 1. The van der Waals surface area contributed by atoms with Crippen LogP contribution in [-0.4, -0.2) is 14.3 Å². The molecule has 0 spiro atoms. The Hall–Kier alpha value is -2.34. The number of anilines is 1. The number of hydrogen-bond donors (Lipinski definition) is 1. The van der Waals surface area contributed by atoms with Crippen LogP contribution in [0.2, 0.25) is 0 Å². The van der Waals surface area contributed by atoms with E-state index in [2.05, 4.69) is 26.1 Å². The average molecular weight is 359 g/mol. The minimum absolute atomic E-state index is 0.0136. The third kappa shape index (κ3) is 3.85. The molecule has 0 aromatic heterocycles. The predicted molar refractivity (Wildman–Crippen MR) is 96.3 cm³/mol. The smallest absolute Gasteiger partial charge is 0.339 e. The summed E-state index contributed by atoms with van der Waals surface area (Å²) < 4.78 is 30.3. The fourth-order valence-electron chi connectivity index (χ4n) is 2.70. The first-order valence-electron chi connectivity index (χ1n) is 8.13. The normalized spacial score (nSPS) is 14.6. The van der Waals surface area contributed by atoms with E-state index in [4.69, 9.17) is 4.18 Å². The van der Waals surface area contributed by atoms with Crippen LogP contribution in [0.5, 0.6) is 5.75 Å². The van der Waals surface area contributed by atoms with E-state index in [9.17, 15) is 13.2 Å². The van der Waals surface area contributed by atoms with Crippen molar-refractivity contribution < 1.29 is 17.4 Å². The summed E-state index contributed by atoms with van der Waals surface area (Å²) in [7, 11) is -3.92. The zero-order valence-electron chi connectivity index (χ0n) is 14.5. The number of nitrogens with one attached hydrogen (secondary N) is 1. The summed E-state index contributed by atoms with van der Waals surface area (Å²) in [5, 5.41) is 2.73. The van der Waals surface area contributed by atoms with Gasteiger partial charge >= 0.3 is 10.1 Å². The van der Waals surface area contributed by atoms with Crippen molar-refractivity contribution >= 4 is 21.7 Å². The zero-order valence-corrected chi connectivity index (χ0v) is 15.3. The van der Waals surface area contributed by atoms with Crippen molar-refractivity contribution in [3.05, 3.63) is 53.6 Å². The Kier molecular flexibility index (Phi) is 4.33. The van der Waals surface area contributed by atoms with Gasteiger partial charge in [0.25, 0.3) is 0 Å². The number of carbonyl (C=O) groups is 1. The summed E-state index contributed by atoms with van der Waals surface area (Å²) >= 11 is 0. The minimum atomic E-state index is -3.92. The van der Waals surface area contributed by atoms with Crippen molar-refractivity contribution in [2.24, 2.45) is 0 Å². The maximum atomic E-state index is 12.5. The lowest BCUT2D eigenvalue weighted by Gasteiger charge is -2.19. The molecule has 0 unspecified atom stereocenters. The largest absolute Gasteiger partial charge is 0.379 e. The van der Waals surface area contributed by atoms with Crippen LogP contribution < -0.4 is 9.50 Å². The van der Waals surface area contributed by atoms with Crippen LogP contribution in [0.15, 0.2) is 47.4 Å². The van der Waals surface area contributed by atoms with Gasteiger partial charge in [-0.25, -0.2) is 0 Å². The molecule has 2 aromatic rings. The van der Waals surface area contributed by atoms with E-state index >= 15 is 0 Å². The van der Waals surface area contributed by atoms with Crippen LogP contribution in [-0.2, 0) is 26.7 Å². The highest BCUT2D eigenvalue weighted by atomic mass is 32.2. The number of benzene rings is 2. The van der Waals surface area contributed by atoms with Crippen molar-refractivity contribution in [2.45, 2.75) is 43.9 Å². The molecule has 2 aromatic carbocycles. The topological polar surface area (TPSA) is 72.5 Å². The number of fused-ring (bicyclic) bond motifs is 1. The number of rotatable bonds is 3. The molecular formula is C19H21NO4S. The molecule has 0 bridgehead atoms. The predicted octanol–water partition coefficient (Wildman–Crippen LogP) is 3.64. The maximum Gasteiger partial charge on any atom is 0.339 e. The molecular weight excluding hydrogens is 338 g/mol. The van der Waals surface area contributed by atoms with E-state index < -0.39 is 10.1 Å². The number of carbonyl (C=O) groups excluding carboxylic acids is 1. The summed E-state index contributed by atoms with van der Waals surface area (Å²) in [6.45, 7) is 6.27. The molecule has 1 heterocycles. The quantitative estimate of drug-likeness (QED) is 0.849. The van der Waals surface area contributed by atoms with Crippen molar-refractivity contribution in [3.63, 3.8) is 0 Å². The Morgan fingerprint density at radius 2 is 1.68 bits per heavy atom. The lowest BCUT2D eigenvalue weighted by Crippen LogP contribution is -2.19. The van der Waals surface area contributed by atoms with Gasteiger partial charge in [0.2, 0.25) is 5.91 Å². The van der Waals surface area contributed by atoms with Crippen LogP contribution in [0.25, 0.3) is 0 Å². The molecule has 0 fully saturated rings. The summed E-state index contributed by atoms with van der Waals surface area (Å²) in [5.74, 6) is 0.220. The van der Waals surface area contributed by atoms with E-state index in [0.29, 0.717) is 18.5 Å². The van der Waals surface area contributed by atoms with Gasteiger partial charge in [0.1, 0.15) is 10.6 Å². The van der Waals surface area contributed by atoms with Crippen molar-refractivity contribution in [1.82, 2.24) is 0 Å². The molecule has 0 aliphatic carbocycles. The molecule has 1 aliphatic rings. The summed E-state index contributed by atoms with van der Waals surface area (Å²) in [6.07, 6.45) is 0.871. The van der Waals surface area contributed by atoms with E-state index in [1.165, 1.54) is 6.07 Å². The van der Waals surface area contributed by atoms with Crippen LogP contribution in [0.3, 0.4) is 0 Å². The van der Waals surface area contributed by atoms with Crippen LogP contribution in [0.1, 0.15) is 38.3 Å². The Labute approximate surface area is 148 Å². The molecule has 25 heavy (non-hydrogen) atoms. The highest BCUT2D eigenvalue weighted by Gasteiger charge is 2.22. The Bertz CT molecular complexity index is 909. The molecule has 0 radical (unpaired) electrons. The van der Waals surface area contributed by atoms with Crippen LogP contribution in [0.4, 0.5) is 5.69 Å². The molecule has 0 saturated heterocycles. The van der Waals surface area contributed by atoms with Crippen LogP contribution in [0, 0.1) is 0 Å². The third-order valence-electron chi connectivity index (χ3n) is 4.19. The molecule has 0 saturated carbocycles. The van der Waals surface area contributed by atoms with E-state index in [0.717, 1.165) is 11.1 Å². The summed E-state index contributed by atoms with van der Waals surface area (Å²) in [5.41, 5.74) is 2.54. The van der Waals surface area contributed by atoms with E-state index in [1.807, 2.05) is 12.1 Å². The van der Waals surface area contributed by atoms with Gasteiger partial charge in [-0.3, -0.25) is 4.79 Å². The second-order valence-electron chi connectivity index (χ2n) is 7.18. The van der Waals surface area contributed by atoms with Gasteiger partial charge in [0.15, 0.2) is 0 Å². The fourth-order valence-corrected chi connectivity index (χ4v) is 3.68. The zero-order chi connectivity index (χ0) is 18.2. The molecule has 1 aliphatic heterocycles. The van der Waals surface area contributed by atoms with Gasteiger partial charge in [-0.05, 0) is 53.3 Å². The first kappa shape index (κ1) is 17.5. The molecule has 132 valence electrons. The highest BCUT2D eigenvalue weighted by Crippen LogP contribution is 2.28.